The Balaban J connectivity index is 3.02. The van der Waals surface area contributed by atoms with E-state index >= 15 is 0 Å². The van der Waals surface area contributed by atoms with Crippen molar-refractivity contribution in [1.29, 1.82) is 0 Å². The molecular weight excluding hydrogens is 144 g/mol. The number of aliphatic hydroxyl groups is 1. The predicted octanol–water partition coefficient (Wildman–Crippen LogP) is 1.33. The number of rotatable bonds is 2. The Bertz CT molecular complexity index is 245. The van der Waals surface area contributed by atoms with Crippen molar-refractivity contribution < 1.29 is 14.9 Å². The maximum Gasteiger partial charge on any atom is 0.220 e. The number of hydrogen-bond acceptors (Lipinski definition) is 2. The van der Waals surface area contributed by atoms with E-state index in [9.17, 15) is 5.11 Å². The van der Waals surface area contributed by atoms with Gasteiger partial charge in [0.1, 0.15) is 0 Å². The van der Waals surface area contributed by atoms with E-state index in [1.54, 1.807) is 6.07 Å². The summed E-state index contributed by atoms with van der Waals surface area (Å²) in [6.07, 6.45) is 0. The Kier molecular flexibility index (Phi) is 2.33. The second kappa shape index (κ2) is 3.25. The van der Waals surface area contributed by atoms with E-state index in [0.717, 1.165) is 0 Å². The van der Waals surface area contributed by atoms with Gasteiger partial charge >= 0.3 is 0 Å². The molecule has 0 amide bonds. The third-order valence-corrected chi connectivity index (χ3v) is 1.41. The van der Waals surface area contributed by atoms with Crippen molar-refractivity contribution in [2.24, 2.45) is 0 Å². The molecule has 0 spiro atoms. The molecule has 3 nitrogen and oxygen atoms in total. The average molecular weight is 153 g/mol. The molecule has 1 rings (SSSR count). The lowest BCUT2D eigenvalue weighted by Crippen LogP contribution is -1.86. The zero-order valence-corrected chi connectivity index (χ0v) is 6.20. The van der Waals surface area contributed by atoms with Crippen molar-refractivity contribution in [3.63, 3.8) is 0 Å². The van der Waals surface area contributed by atoms with Crippen LogP contribution in [0.3, 0.4) is 0 Å². The van der Waals surface area contributed by atoms with E-state index in [1.165, 1.54) is 19.2 Å². The molecular formula is C8H9O3. The van der Waals surface area contributed by atoms with Gasteiger partial charge in [-0.05, 0) is 17.7 Å². The Morgan fingerprint density at radius 3 is 2.82 bits per heavy atom. The molecule has 0 aromatic heterocycles. The van der Waals surface area contributed by atoms with E-state index in [-0.39, 0.29) is 18.1 Å². The van der Waals surface area contributed by atoms with Gasteiger partial charge in [0.25, 0.3) is 0 Å². The van der Waals surface area contributed by atoms with Crippen molar-refractivity contribution in [2.45, 2.75) is 6.61 Å². The fourth-order valence-corrected chi connectivity index (χ4v) is 0.810. The van der Waals surface area contributed by atoms with E-state index in [1.807, 2.05) is 0 Å². The van der Waals surface area contributed by atoms with Crippen molar-refractivity contribution >= 4 is 0 Å². The molecule has 1 aromatic rings. The standard InChI is InChI=1S/C8H9O3/c1-11-8-4-6(5-9)2-3-7(8)10/h2-4,9H,5H2,1H3. The first kappa shape index (κ1) is 7.88. The van der Waals surface area contributed by atoms with Crippen LogP contribution in [0.1, 0.15) is 5.56 Å². The van der Waals surface area contributed by atoms with Gasteiger partial charge < -0.3 is 9.84 Å². The summed E-state index contributed by atoms with van der Waals surface area (Å²) in [4.78, 5) is 0. The van der Waals surface area contributed by atoms with Crippen LogP contribution in [0.25, 0.3) is 0 Å². The maximum atomic E-state index is 10.9. The first-order valence-corrected chi connectivity index (χ1v) is 3.22. The van der Waals surface area contributed by atoms with Crippen LogP contribution in [-0.2, 0) is 11.7 Å². The highest BCUT2D eigenvalue weighted by molar-refractivity contribution is 5.41. The third-order valence-electron chi connectivity index (χ3n) is 1.41. The second-order valence-corrected chi connectivity index (χ2v) is 2.14. The highest BCUT2D eigenvalue weighted by Crippen LogP contribution is 2.26. The highest BCUT2D eigenvalue weighted by Gasteiger charge is 2.02. The second-order valence-electron chi connectivity index (χ2n) is 2.14. The molecule has 11 heavy (non-hydrogen) atoms. The molecule has 0 aliphatic heterocycles. The van der Waals surface area contributed by atoms with Crippen molar-refractivity contribution in [2.75, 3.05) is 7.11 Å². The summed E-state index contributed by atoms with van der Waals surface area (Å²) in [6.45, 7) is -0.0728. The minimum Gasteiger partial charge on any atom is -0.493 e. The number of aliphatic hydroxyl groups excluding tert-OH is 1. The van der Waals surface area contributed by atoms with Crippen LogP contribution in [0.15, 0.2) is 18.2 Å². The minimum absolute atomic E-state index is 0.0728. The summed E-state index contributed by atoms with van der Waals surface area (Å²) in [6, 6.07) is 4.48. The van der Waals surface area contributed by atoms with Gasteiger partial charge in [-0.15, -0.1) is 0 Å². The van der Waals surface area contributed by atoms with Gasteiger partial charge in [0, 0.05) is 0 Å². The molecule has 0 saturated heterocycles. The number of methoxy groups -OCH3 is 1. The largest absolute Gasteiger partial charge is 0.493 e. The van der Waals surface area contributed by atoms with Gasteiger partial charge in [-0.25, -0.2) is 0 Å². The van der Waals surface area contributed by atoms with Gasteiger partial charge in [0.2, 0.25) is 5.75 Å². The normalized spacial score (nSPS) is 9.64. The van der Waals surface area contributed by atoms with Crippen molar-refractivity contribution in [3.8, 4) is 11.5 Å². The first-order valence-electron chi connectivity index (χ1n) is 3.22. The summed E-state index contributed by atoms with van der Waals surface area (Å²) in [7, 11) is 1.43. The van der Waals surface area contributed by atoms with Gasteiger partial charge in [-0.3, -0.25) is 5.11 Å². The lowest BCUT2D eigenvalue weighted by molar-refractivity contribution is 0.279. The zero-order chi connectivity index (χ0) is 8.27. The van der Waals surface area contributed by atoms with Gasteiger partial charge in [-0.2, -0.15) is 0 Å². The molecule has 0 heterocycles. The van der Waals surface area contributed by atoms with Gasteiger partial charge in [-0.1, -0.05) is 6.07 Å². The summed E-state index contributed by atoms with van der Waals surface area (Å²) in [5.74, 6) is 0.112. The molecule has 0 aliphatic rings. The third kappa shape index (κ3) is 1.62. The van der Waals surface area contributed by atoms with Gasteiger partial charge in [0.05, 0.1) is 13.7 Å². The van der Waals surface area contributed by atoms with Gasteiger partial charge in [0.15, 0.2) is 5.75 Å². The average Bonchev–Trinajstić information content (AvgIpc) is 2.05. The van der Waals surface area contributed by atoms with Crippen LogP contribution in [0, 0.1) is 0 Å². The van der Waals surface area contributed by atoms with E-state index < -0.39 is 0 Å². The topological polar surface area (TPSA) is 49.4 Å². The molecule has 0 aliphatic carbocycles. The van der Waals surface area contributed by atoms with Crippen LogP contribution < -0.4 is 4.74 Å². The number of ether oxygens (including phenoxy) is 1. The molecule has 59 valence electrons. The number of benzene rings is 1. The monoisotopic (exact) mass is 153 g/mol. The lowest BCUT2D eigenvalue weighted by Gasteiger charge is -2.01. The van der Waals surface area contributed by atoms with Crippen LogP contribution >= 0.6 is 0 Å². The summed E-state index contributed by atoms with van der Waals surface area (Å²) < 4.78 is 4.76. The van der Waals surface area contributed by atoms with E-state index in [2.05, 4.69) is 0 Å². The molecule has 1 N–H and O–H groups in total. The highest BCUT2D eigenvalue weighted by atomic mass is 16.5. The molecule has 0 bridgehead atoms. The van der Waals surface area contributed by atoms with Crippen LogP contribution in [0.4, 0.5) is 0 Å². The Labute approximate surface area is 64.9 Å². The molecule has 0 saturated carbocycles. The quantitative estimate of drug-likeness (QED) is 0.696. The van der Waals surface area contributed by atoms with E-state index in [0.29, 0.717) is 5.56 Å². The molecule has 3 heteroatoms. The van der Waals surface area contributed by atoms with Crippen LogP contribution in [0.2, 0.25) is 0 Å². The molecule has 0 unspecified atom stereocenters. The van der Waals surface area contributed by atoms with Crippen LogP contribution in [0.5, 0.6) is 11.5 Å². The Morgan fingerprint density at radius 1 is 1.55 bits per heavy atom. The van der Waals surface area contributed by atoms with E-state index in [4.69, 9.17) is 9.84 Å². The molecule has 0 atom stereocenters. The fourth-order valence-electron chi connectivity index (χ4n) is 0.810. The molecule has 1 radical (unpaired) electrons. The lowest BCUT2D eigenvalue weighted by atomic mass is 10.2. The maximum absolute atomic E-state index is 10.9. The predicted molar refractivity (Wildman–Crippen MR) is 39.0 cm³/mol. The first-order chi connectivity index (χ1) is 5.27. The SMILES string of the molecule is COc1cc(CO)ccc1[O]. The van der Waals surface area contributed by atoms with Crippen molar-refractivity contribution in [3.05, 3.63) is 23.8 Å². The van der Waals surface area contributed by atoms with Crippen molar-refractivity contribution in [1.82, 2.24) is 0 Å². The summed E-state index contributed by atoms with van der Waals surface area (Å²) >= 11 is 0. The smallest absolute Gasteiger partial charge is 0.220 e. The Morgan fingerprint density at radius 2 is 2.27 bits per heavy atom. The zero-order valence-electron chi connectivity index (χ0n) is 6.20. The molecule has 0 fully saturated rings. The summed E-state index contributed by atoms with van der Waals surface area (Å²) in [5, 5.41) is 19.6. The van der Waals surface area contributed by atoms with Crippen LogP contribution in [-0.4, -0.2) is 12.2 Å². The Hall–Kier alpha value is -1.22. The summed E-state index contributed by atoms with van der Waals surface area (Å²) in [5.41, 5.74) is 0.682. The minimum atomic E-state index is -0.162. The number of hydrogen-bond donors (Lipinski definition) is 1. The molecule has 1 aromatic carbocycles. The fraction of sp³-hybridized carbons (Fsp3) is 0.250.